The van der Waals surface area contributed by atoms with Gasteiger partial charge in [-0.3, -0.25) is 14.3 Å². The summed E-state index contributed by atoms with van der Waals surface area (Å²) in [7, 11) is -3.90. The van der Waals surface area contributed by atoms with E-state index in [-0.39, 0.29) is 28.0 Å². The van der Waals surface area contributed by atoms with Gasteiger partial charge in [0.05, 0.1) is 4.90 Å². The molecule has 0 spiro atoms. The standard InChI is InChI=1S/C19H23N3O4S/c1-12(2)11-21-19(24)17-10-16(9-4-13(17)3)27(25,26)22-15-7-5-14(6-8-15)18(20)23/h4-10,12,22H,11H2,1-3H3,(H2,20,23)(H,21,24). The highest BCUT2D eigenvalue weighted by Crippen LogP contribution is 2.20. The summed E-state index contributed by atoms with van der Waals surface area (Å²) >= 11 is 0. The number of benzene rings is 2. The summed E-state index contributed by atoms with van der Waals surface area (Å²) in [5.41, 5.74) is 6.72. The van der Waals surface area contributed by atoms with E-state index < -0.39 is 15.9 Å². The first-order valence-corrected chi connectivity index (χ1v) is 9.90. The van der Waals surface area contributed by atoms with E-state index in [1.54, 1.807) is 13.0 Å². The molecule has 0 aromatic heterocycles. The third kappa shape index (κ3) is 5.30. The molecule has 27 heavy (non-hydrogen) atoms. The number of sulfonamides is 1. The molecular weight excluding hydrogens is 366 g/mol. The molecule has 0 atom stereocenters. The van der Waals surface area contributed by atoms with Crippen LogP contribution in [0.25, 0.3) is 0 Å². The molecule has 0 saturated heterocycles. The van der Waals surface area contributed by atoms with Crippen LogP contribution in [0.4, 0.5) is 5.69 Å². The first kappa shape index (κ1) is 20.4. The highest BCUT2D eigenvalue weighted by Gasteiger charge is 2.18. The van der Waals surface area contributed by atoms with Gasteiger partial charge in [-0.2, -0.15) is 0 Å². The minimum atomic E-state index is -3.90. The van der Waals surface area contributed by atoms with E-state index in [9.17, 15) is 18.0 Å². The van der Waals surface area contributed by atoms with Gasteiger partial charge in [0.25, 0.3) is 15.9 Å². The fourth-order valence-electron chi connectivity index (χ4n) is 2.32. The average Bonchev–Trinajstić information content (AvgIpc) is 2.60. The molecule has 0 aliphatic rings. The molecule has 0 heterocycles. The zero-order valence-corrected chi connectivity index (χ0v) is 16.3. The van der Waals surface area contributed by atoms with Gasteiger partial charge < -0.3 is 11.1 Å². The van der Waals surface area contributed by atoms with Crippen LogP contribution >= 0.6 is 0 Å². The summed E-state index contributed by atoms with van der Waals surface area (Å²) in [6.45, 7) is 6.19. The second-order valence-corrected chi connectivity index (χ2v) is 8.31. The summed E-state index contributed by atoms with van der Waals surface area (Å²) in [5, 5.41) is 2.79. The number of rotatable bonds is 7. The summed E-state index contributed by atoms with van der Waals surface area (Å²) < 4.78 is 27.7. The molecule has 2 aromatic rings. The Morgan fingerprint density at radius 2 is 1.70 bits per heavy atom. The predicted molar refractivity (Wildman–Crippen MR) is 104 cm³/mol. The van der Waals surface area contributed by atoms with Gasteiger partial charge >= 0.3 is 0 Å². The molecule has 2 amide bonds. The van der Waals surface area contributed by atoms with Crippen LogP contribution in [0.5, 0.6) is 0 Å². The first-order valence-electron chi connectivity index (χ1n) is 8.41. The quantitative estimate of drug-likeness (QED) is 0.673. The molecule has 2 aromatic carbocycles. The number of aryl methyl sites for hydroxylation is 1. The van der Waals surface area contributed by atoms with E-state index in [2.05, 4.69) is 10.0 Å². The van der Waals surface area contributed by atoms with Gasteiger partial charge in [-0.1, -0.05) is 19.9 Å². The minimum Gasteiger partial charge on any atom is -0.366 e. The van der Waals surface area contributed by atoms with Crippen molar-refractivity contribution >= 4 is 27.5 Å². The smallest absolute Gasteiger partial charge is 0.261 e. The second kappa shape index (κ2) is 8.22. The van der Waals surface area contributed by atoms with Gasteiger partial charge in [0.1, 0.15) is 0 Å². The Morgan fingerprint density at radius 3 is 2.26 bits per heavy atom. The summed E-state index contributed by atoms with van der Waals surface area (Å²) in [5.74, 6) is -0.629. The number of carbonyl (C=O) groups is 2. The maximum Gasteiger partial charge on any atom is 0.261 e. The maximum atomic E-state index is 12.6. The van der Waals surface area contributed by atoms with Gasteiger partial charge in [-0.25, -0.2) is 8.42 Å². The van der Waals surface area contributed by atoms with Crippen molar-refractivity contribution in [2.75, 3.05) is 11.3 Å². The van der Waals surface area contributed by atoms with Gasteiger partial charge in [-0.05, 0) is 54.8 Å². The van der Waals surface area contributed by atoms with Crippen LogP contribution in [-0.4, -0.2) is 26.8 Å². The fraction of sp³-hybridized carbons (Fsp3) is 0.263. The van der Waals surface area contributed by atoms with Crippen LogP contribution in [0.3, 0.4) is 0 Å². The fourth-order valence-corrected chi connectivity index (χ4v) is 3.41. The summed E-state index contributed by atoms with van der Waals surface area (Å²) in [4.78, 5) is 23.4. The second-order valence-electron chi connectivity index (χ2n) is 6.63. The maximum absolute atomic E-state index is 12.6. The molecule has 8 heteroatoms. The van der Waals surface area contributed by atoms with E-state index in [1.807, 2.05) is 13.8 Å². The van der Waals surface area contributed by atoms with Crippen LogP contribution in [0.2, 0.25) is 0 Å². The molecule has 7 nitrogen and oxygen atoms in total. The van der Waals surface area contributed by atoms with E-state index in [4.69, 9.17) is 5.73 Å². The normalized spacial score (nSPS) is 11.3. The highest BCUT2D eigenvalue weighted by atomic mass is 32.2. The zero-order valence-electron chi connectivity index (χ0n) is 15.4. The van der Waals surface area contributed by atoms with Gasteiger partial charge in [0.2, 0.25) is 5.91 Å². The van der Waals surface area contributed by atoms with Crippen molar-refractivity contribution in [2.24, 2.45) is 11.7 Å². The first-order chi connectivity index (χ1) is 12.6. The molecule has 0 unspecified atom stereocenters. The largest absolute Gasteiger partial charge is 0.366 e. The van der Waals surface area contributed by atoms with Crippen LogP contribution < -0.4 is 15.8 Å². The van der Waals surface area contributed by atoms with E-state index in [1.165, 1.54) is 36.4 Å². The molecule has 0 aliphatic carbocycles. The van der Waals surface area contributed by atoms with Crippen molar-refractivity contribution in [2.45, 2.75) is 25.7 Å². The lowest BCUT2D eigenvalue weighted by Crippen LogP contribution is -2.28. The molecule has 0 saturated carbocycles. The monoisotopic (exact) mass is 389 g/mol. The van der Waals surface area contributed by atoms with Crippen molar-refractivity contribution in [1.82, 2.24) is 5.32 Å². The van der Waals surface area contributed by atoms with Gasteiger partial charge in [-0.15, -0.1) is 0 Å². The summed E-state index contributed by atoms with van der Waals surface area (Å²) in [6.07, 6.45) is 0. The van der Waals surface area contributed by atoms with Crippen LogP contribution in [0.15, 0.2) is 47.4 Å². The van der Waals surface area contributed by atoms with E-state index in [0.29, 0.717) is 17.7 Å². The van der Waals surface area contributed by atoms with E-state index >= 15 is 0 Å². The summed E-state index contributed by atoms with van der Waals surface area (Å²) in [6, 6.07) is 10.1. The number of primary amides is 1. The minimum absolute atomic E-state index is 0.0261. The number of anilines is 1. The predicted octanol–water partition coefficient (Wildman–Crippen LogP) is 2.28. The molecule has 4 N–H and O–H groups in total. The van der Waals surface area contributed by atoms with Crippen molar-refractivity contribution in [3.63, 3.8) is 0 Å². The Kier molecular flexibility index (Phi) is 6.22. The number of hydrogen-bond donors (Lipinski definition) is 3. The highest BCUT2D eigenvalue weighted by molar-refractivity contribution is 7.92. The van der Waals surface area contributed by atoms with Crippen LogP contribution in [0.1, 0.15) is 40.1 Å². The zero-order chi connectivity index (χ0) is 20.2. The Bertz CT molecular complexity index is 951. The number of carbonyl (C=O) groups excluding carboxylic acids is 2. The molecule has 0 bridgehead atoms. The number of hydrogen-bond acceptors (Lipinski definition) is 4. The van der Waals surface area contributed by atoms with E-state index in [0.717, 1.165) is 0 Å². The topological polar surface area (TPSA) is 118 Å². The molecular formula is C19H23N3O4S. The van der Waals surface area contributed by atoms with Crippen molar-refractivity contribution in [3.05, 3.63) is 59.2 Å². The third-order valence-electron chi connectivity index (χ3n) is 3.86. The number of nitrogens with one attached hydrogen (secondary N) is 2. The third-order valence-corrected chi connectivity index (χ3v) is 5.24. The van der Waals surface area contributed by atoms with Crippen LogP contribution in [0, 0.1) is 12.8 Å². The number of amides is 2. The lowest BCUT2D eigenvalue weighted by molar-refractivity contribution is 0.0947. The van der Waals surface area contributed by atoms with Gasteiger partial charge in [0.15, 0.2) is 0 Å². The molecule has 0 radical (unpaired) electrons. The van der Waals surface area contributed by atoms with Gasteiger partial charge in [0, 0.05) is 23.4 Å². The van der Waals surface area contributed by atoms with Crippen molar-refractivity contribution in [3.8, 4) is 0 Å². The molecule has 0 fully saturated rings. The molecule has 2 rings (SSSR count). The van der Waals surface area contributed by atoms with Crippen LogP contribution in [-0.2, 0) is 10.0 Å². The lowest BCUT2D eigenvalue weighted by atomic mass is 10.1. The Hall–Kier alpha value is -2.87. The molecule has 144 valence electrons. The Morgan fingerprint density at radius 1 is 1.07 bits per heavy atom. The average molecular weight is 389 g/mol. The Balaban J connectivity index is 2.26. The van der Waals surface area contributed by atoms with Crippen molar-refractivity contribution in [1.29, 1.82) is 0 Å². The molecule has 0 aliphatic heterocycles. The lowest BCUT2D eigenvalue weighted by Gasteiger charge is -2.13. The number of nitrogens with two attached hydrogens (primary N) is 1. The van der Waals surface area contributed by atoms with Crippen molar-refractivity contribution < 1.29 is 18.0 Å². The Labute approximate surface area is 159 Å². The SMILES string of the molecule is Cc1ccc(S(=O)(=O)Nc2ccc(C(N)=O)cc2)cc1C(=O)NCC(C)C.